The molecule has 3 heterocycles. The predicted molar refractivity (Wildman–Crippen MR) is 96.8 cm³/mol. The summed E-state index contributed by atoms with van der Waals surface area (Å²) in [7, 11) is 0. The van der Waals surface area contributed by atoms with Gasteiger partial charge >= 0.3 is 0 Å². The molecule has 2 aromatic heterocycles. The highest BCUT2D eigenvalue weighted by Gasteiger charge is 2.23. The van der Waals surface area contributed by atoms with Gasteiger partial charge in [-0.05, 0) is 23.8 Å². The minimum absolute atomic E-state index is 0.0223. The summed E-state index contributed by atoms with van der Waals surface area (Å²) < 4.78 is 13.3. The molecular weight excluding hydrogens is 315 g/mol. The summed E-state index contributed by atoms with van der Waals surface area (Å²) in [6, 6.07) is 4.92. The fourth-order valence-electron chi connectivity index (χ4n) is 3.40. The first kappa shape index (κ1) is 16.2. The van der Waals surface area contributed by atoms with Crippen molar-refractivity contribution in [2.75, 3.05) is 6.54 Å². The SMILES string of the molecule is CC(C)(C)c1ncc2c(n1)CCN(Cc1c[nH]c3cc(F)ccc13)C2. The van der Waals surface area contributed by atoms with E-state index in [9.17, 15) is 4.39 Å². The monoisotopic (exact) mass is 338 g/mol. The van der Waals surface area contributed by atoms with Crippen molar-refractivity contribution in [3.63, 3.8) is 0 Å². The number of hydrogen-bond donors (Lipinski definition) is 1. The number of aromatic amines is 1. The van der Waals surface area contributed by atoms with Crippen LogP contribution in [0.4, 0.5) is 4.39 Å². The van der Waals surface area contributed by atoms with Crippen LogP contribution in [-0.2, 0) is 24.9 Å². The zero-order valence-corrected chi connectivity index (χ0v) is 14.9. The molecule has 3 aromatic rings. The average molecular weight is 338 g/mol. The van der Waals surface area contributed by atoms with Gasteiger partial charge < -0.3 is 4.98 Å². The van der Waals surface area contributed by atoms with Crippen molar-refractivity contribution in [2.45, 2.75) is 45.7 Å². The molecular formula is C20H23FN4. The van der Waals surface area contributed by atoms with E-state index in [1.807, 2.05) is 18.5 Å². The van der Waals surface area contributed by atoms with Crippen molar-refractivity contribution in [3.05, 3.63) is 59.1 Å². The Balaban J connectivity index is 1.54. The fourth-order valence-corrected chi connectivity index (χ4v) is 3.40. The van der Waals surface area contributed by atoms with Gasteiger partial charge in [0.1, 0.15) is 11.6 Å². The van der Waals surface area contributed by atoms with Crippen molar-refractivity contribution in [1.29, 1.82) is 0 Å². The number of H-pyrrole nitrogens is 1. The van der Waals surface area contributed by atoms with Gasteiger partial charge in [-0.3, -0.25) is 4.90 Å². The molecule has 0 saturated carbocycles. The number of rotatable bonds is 2. The Morgan fingerprint density at radius 3 is 2.92 bits per heavy atom. The lowest BCUT2D eigenvalue weighted by Crippen LogP contribution is -2.31. The lowest BCUT2D eigenvalue weighted by molar-refractivity contribution is 0.243. The van der Waals surface area contributed by atoms with Gasteiger partial charge in [-0.15, -0.1) is 0 Å². The Labute approximate surface area is 147 Å². The molecule has 0 amide bonds. The second kappa shape index (κ2) is 5.92. The molecule has 4 nitrogen and oxygen atoms in total. The molecule has 0 bridgehead atoms. The number of fused-ring (bicyclic) bond motifs is 2. The number of aromatic nitrogens is 3. The zero-order valence-electron chi connectivity index (χ0n) is 14.9. The Morgan fingerprint density at radius 1 is 1.28 bits per heavy atom. The van der Waals surface area contributed by atoms with Gasteiger partial charge in [0.15, 0.2) is 0 Å². The first-order valence-corrected chi connectivity index (χ1v) is 8.73. The highest BCUT2D eigenvalue weighted by atomic mass is 19.1. The highest BCUT2D eigenvalue weighted by molar-refractivity contribution is 5.83. The van der Waals surface area contributed by atoms with Crippen molar-refractivity contribution in [2.24, 2.45) is 0 Å². The highest BCUT2D eigenvalue weighted by Crippen LogP contribution is 2.25. The number of benzene rings is 1. The summed E-state index contributed by atoms with van der Waals surface area (Å²) in [6.07, 6.45) is 4.91. The van der Waals surface area contributed by atoms with E-state index in [1.54, 1.807) is 6.07 Å². The van der Waals surface area contributed by atoms with E-state index in [-0.39, 0.29) is 11.2 Å². The van der Waals surface area contributed by atoms with Crippen molar-refractivity contribution >= 4 is 10.9 Å². The summed E-state index contributed by atoms with van der Waals surface area (Å²) in [5.74, 6) is 0.706. The quantitative estimate of drug-likeness (QED) is 0.769. The third kappa shape index (κ3) is 3.16. The molecule has 0 fully saturated rings. The molecule has 0 unspecified atom stereocenters. The van der Waals surface area contributed by atoms with Crippen LogP contribution in [0.2, 0.25) is 0 Å². The van der Waals surface area contributed by atoms with Crippen LogP contribution in [0.1, 0.15) is 43.4 Å². The van der Waals surface area contributed by atoms with Crippen LogP contribution >= 0.6 is 0 Å². The Hall–Kier alpha value is -2.27. The number of halogens is 1. The molecule has 5 heteroatoms. The van der Waals surface area contributed by atoms with Crippen molar-refractivity contribution in [1.82, 2.24) is 19.9 Å². The van der Waals surface area contributed by atoms with Gasteiger partial charge in [0.2, 0.25) is 0 Å². The van der Waals surface area contributed by atoms with Crippen LogP contribution in [0, 0.1) is 5.82 Å². The molecule has 0 saturated heterocycles. The topological polar surface area (TPSA) is 44.8 Å². The smallest absolute Gasteiger partial charge is 0.133 e. The molecule has 0 aliphatic carbocycles. The number of nitrogens with one attached hydrogen (secondary N) is 1. The third-order valence-corrected chi connectivity index (χ3v) is 4.81. The van der Waals surface area contributed by atoms with Gasteiger partial charge in [0.05, 0.1) is 0 Å². The summed E-state index contributed by atoms with van der Waals surface area (Å²) in [6.45, 7) is 9.10. The van der Waals surface area contributed by atoms with Crippen LogP contribution < -0.4 is 0 Å². The molecule has 1 aliphatic heterocycles. The second-order valence-electron chi connectivity index (χ2n) is 7.88. The van der Waals surface area contributed by atoms with E-state index in [0.29, 0.717) is 0 Å². The largest absolute Gasteiger partial charge is 0.361 e. The van der Waals surface area contributed by atoms with Crippen molar-refractivity contribution < 1.29 is 4.39 Å². The summed E-state index contributed by atoms with van der Waals surface area (Å²) in [5.41, 5.74) is 4.42. The average Bonchev–Trinajstić information content (AvgIpc) is 2.95. The van der Waals surface area contributed by atoms with Crippen LogP contribution in [-0.4, -0.2) is 26.4 Å². The standard InChI is InChI=1S/C20H23FN4/c1-20(2,3)19-23-10-14-12-25(7-6-17(14)24-19)11-13-9-22-18-8-15(21)4-5-16(13)18/h4-5,8-10,22H,6-7,11-12H2,1-3H3. The molecule has 1 aromatic carbocycles. The Kier molecular flexibility index (Phi) is 3.84. The maximum Gasteiger partial charge on any atom is 0.133 e. The summed E-state index contributed by atoms with van der Waals surface area (Å²) >= 11 is 0. The predicted octanol–water partition coefficient (Wildman–Crippen LogP) is 3.95. The summed E-state index contributed by atoms with van der Waals surface area (Å²) in [4.78, 5) is 14.9. The fraction of sp³-hybridized carbons (Fsp3) is 0.400. The Bertz CT molecular complexity index is 923. The lowest BCUT2D eigenvalue weighted by atomic mass is 9.95. The lowest BCUT2D eigenvalue weighted by Gasteiger charge is -2.29. The van der Waals surface area contributed by atoms with Gasteiger partial charge in [-0.25, -0.2) is 14.4 Å². The van der Waals surface area contributed by atoms with Gasteiger partial charge in [0, 0.05) is 66.0 Å². The van der Waals surface area contributed by atoms with E-state index in [0.717, 1.165) is 42.8 Å². The van der Waals surface area contributed by atoms with Crippen LogP contribution in [0.5, 0.6) is 0 Å². The first-order valence-electron chi connectivity index (χ1n) is 8.73. The minimum atomic E-state index is -0.209. The van der Waals surface area contributed by atoms with Crippen LogP contribution in [0.15, 0.2) is 30.6 Å². The first-order chi connectivity index (χ1) is 11.9. The molecule has 130 valence electrons. The third-order valence-electron chi connectivity index (χ3n) is 4.81. The van der Waals surface area contributed by atoms with Crippen molar-refractivity contribution in [3.8, 4) is 0 Å². The number of hydrogen-bond acceptors (Lipinski definition) is 3. The molecule has 25 heavy (non-hydrogen) atoms. The van der Waals surface area contributed by atoms with Gasteiger partial charge in [0.25, 0.3) is 0 Å². The second-order valence-corrected chi connectivity index (χ2v) is 7.88. The Morgan fingerprint density at radius 2 is 2.12 bits per heavy atom. The molecule has 1 N–H and O–H groups in total. The van der Waals surface area contributed by atoms with Crippen LogP contribution in [0.25, 0.3) is 10.9 Å². The van der Waals surface area contributed by atoms with E-state index in [2.05, 4.69) is 35.6 Å². The minimum Gasteiger partial charge on any atom is -0.361 e. The number of nitrogens with zero attached hydrogens (tertiary/aromatic N) is 3. The molecule has 0 atom stereocenters. The maximum absolute atomic E-state index is 13.3. The zero-order chi connectivity index (χ0) is 17.6. The molecule has 0 spiro atoms. The van der Waals surface area contributed by atoms with E-state index in [1.165, 1.54) is 22.9 Å². The molecule has 4 rings (SSSR count). The normalized spacial score (nSPS) is 15.5. The van der Waals surface area contributed by atoms with Crippen LogP contribution in [0.3, 0.4) is 0 Å². The van der Waals surface area contributed by atoms with Gasteiger partial charge in [-0.2, -0.15) is 0 Å². The molecule has 1 aliphatic rings. The van der Waals surface area contributed by atoms with E-state index < -0.39 is 0 Å². The maximum atomic E-state index is 13.3. The van der Waals surface area contributed by atoms with E-state index in [4.69, 9.17) is 4.98 Å². The summed E-state index contributed by atoms with van der Waals surface area (Å²) in [5, 5.41) is 1.09. The molecule has 0 radical (unpaired) electrons. The van der Waals surface area contributed by atoms with E-state index >= 15 is 0 Å². The van der Waals surface area contributed by atoms with Gasteiger partial charge in [-0.1, -0.05) is 20.8 Å².